The highest BCUT2D eigenvalue weighted by atomic mass is 35.5. The number of amidine groups is 1. The molecule has 28 heavy (non-hydrogen) atoms. The first-order valence-electron chi connectivity index (χ1n) is 9.08. The van der Waals surface area contributed by atoms with Gasteiger partial charge in [-0.2, -0.15) is 0 Å². The predicted octanol–water partition coefficient (Wildman–Crippen LogP) is 4.77. The first-order chi connectivity index (χ1) is 13.4. The van der Waals surface area contributed by atoms with Gasteiger partial charge in [-0.25, -0.2) is 4.99 Å². The van der Waals surface area contributed by atoms with Crippen LogP contribution in [0.1, 0.15) is 30.0 Å². The monoisotopic (exact) mass is 415 g/mol. The standard InChI is InChI=1S/C21H22ClN3O2S/c1-4-14-7-5-6-13(3)19(14)24-21-25-20(27)17(28-21)11-18(26)23-15-9-8-12(2)16(22)10-15/h5-10,17H,4,11H2,1-3H3,(H,23,26)(H,24,25,27)/t17-/m1/s1. The van der Waals surface area contributed by atoms with Crippen LogP contribution in [0, 0.1) is 13.8 Å². The zero-order valence-corrected chi connectivity index (χ0v) is 17.6. The molecule has 0 bridgehead atoms. The molecule has 1 aliphatic heterocycles. The number of amides is 2. The third-order valence-electron chi connectivity index (χ3n) is 4.52. The highest BCUT2D eigenvalue weighted by Crippen LogP contribution is 2.30. The van der Waals surface area contributed by atoms with Crippen molar-refractivity contribution in [3.63, 3.8) is 0 Å². The van der Waals surface area contributed by atoms with Crippen LogP contribution in [0.25, 0.3) is 0 Å². The van der Waals surface area contributed by atoms with Crippen LogP contribution < -0.4 is 10.6 Å². The Balaban J connectivity index is 1.68. The molecular weight excluding hydrogens is 394 g/mol. The number of rotatable bonds is 5. The van der Waals surface area contributed by atoms with Crippen molar-refractivity contribution in [3.05, 3.63) is 58.1 Å². The second-order valence-electron chi connectivity index (χ2n) is 6.67. The molecule has 1 heterocycles. The minimum atomic E-state index is -0.506. The number of carbonyl (C=O) groups is 2. The Labute approximate surface area is 174 Å². The van der Waals surface area contributed by atoms with E-state index in [-0.39, 0.29) is 18.2 Å². The highest BCUT2D eigenvalue weighted by molar-refractivity contribution is 8.15. The summed E-state index contributed by atoms with van der Waals surface area (Å²) in [6.07, 6.45) is 0.923. The van der Waals surface area contributed by atoms with Gasteiger partial charge >= 0.3 is 0 Å². The van der Waals surface area contributed by atoms with E-state index in [0.717, 1.165) is 28.8 Å². The summed E-state index contributed by atoms with van der Waals surface area (Å²) < 4.78 is 0. The molecule has 0 aliphatic carbocycles. The maximum absolute atomic E-state index is 12.3. The number of carbonyl (C=O) groups excluding carboxylic acids is 2. The van der Waals surface area contributed by atoms with Crippen LogP contribution in [-0.4, -0.2) is 22.2 Å². The third kappa shape index (κ3) is 4.75. The Bertz CT molecular complexity index is 959. The first-order valence-corrected chi connectivity index (χ1v) is 10.3. The topological polar surface area (TPSA) is 70.6 Å². The largest absolute Gasteiger partial charge is 0.326 e. The predicted molar refractivity (Wildman–Crippen MR) is 117 cm³/mol. The van der Waals surface area contributed by atoms with Crippen molar-refractivity contribution >= 4 is 51.7 Å². The van der Waals surface area contributed by atoms with Crippen molar-refractivity contribution < 1.29 is 9.59 Å². The van der Waals surface area contributed by atoms with Gasteiger partial charge in [-0.3, -0.25) is 9.59 Å². The fraction of sp³-hybridized carbons (Fsp3) is 0.286. The zero-order valence-electron chi connectivity index (χ0n) is 16.0. The van der Waals surface area contributed by atoms with Crippen molar-refractivity contribution in [1.29, 1.82) is 0 Å². The second-order valence-corrected chi connectivity index (χ2v) is 8.26. The smallest absolute Gasteiger partial charge is 0.240 e. The summed E-state index contributed by atoms with van der Waals surface area (Å²) in [5, 5.41) is 6.20. The maximum Gasteiger partial charge on any atom is 0.240 e. The number of anilines is 1. The maximum atomic E-state index is 12.3. The van der Waals surface area contributed by atoms with Crippen LogP contribution in [0.5, 0.6) is 0 Å². The van der Waals surface area contributed by atoms with Gasteiger partial charge in [0.15, 0.2) is 5.17 Å². The summed E-state index contributed by atoms with van der Waals surface area (Å²) >= 11 is 7.38. The van der Waals surface area contributed by atoms with E-state index in [1.54, 1.807) is 12.1 Å². The van der Waals surface area contributed by atoms with Crippen LogP contribution in [0.3, 0.4) is 0 Å². The van der Waals surface area contributed by atoms with E-state index in [9.17, 15) is 9.59 Å². The molecule has 0 saturated carbocycles. The summed E-state index contributed by atoms with van der Waals surface area (Å²) in [5.74, 6) is -0.438. The van der Waals surface area contributed by atoms with Gasteiger partial charge in [0.1, 0.15) is 5.25 Å². The van der Waals surface area contributed by atoms with Gasteiger partial charge in [-0.1, -0.05) is 54.6 Å². The number of hydrogen-bond acceptors (Lipinski definition) is 4. The van der Waals surface area contributed by atoms with Crippen LogP contribution in [0.2, 0.25) is 5.02 Å². The van der Waals surface area contributed by atoms with Gasteiger partial charge in [-0.15, -0.1) is 0 Å². The lowest BCUT2D eigenvalue weighted by Gasteiger charge is -2.09. The number of halogens is 1. The van der Waals surface area contributed by atoms with E-state index in [2.05, 4.69) is 22.5 Å². The van der Waals surface area contributed by atoms with E-state index in [1.165, 1.54) is 11.8 Å². The fourth-order valence-electron chi connectivity index (χ4n) is 2.91. The van der Waals surface area contributed by atoms with Gasteiger partial charge in [0.2, 0.25) is 11.8 Å². The van der Waals surface area contributed by atoms with E-state index >= 15 is 0 Å². The molecule has 2 N–H and O–H groups in total. The van der Waals surface area contributed by atoms with Gasteiger partial charge in [-0.05, 0) is 49.1 Å². The second kappa shape index (κ2) is 8.80. The molecule has 7 heteroatoms. The van der Waals surface area contributed by atoms with E-state index in [1.807, 2.05) is 38.1 Å². The van der Waals surface area contributed by atoms with E-state index < -0.39 is 5.25 Å². The van der Waals surface area contributed by atoms with Gasteiger partial charge in [0.25, 0.3) is 0 Å². The van der Waals surface area contributed by atoms with Crippen molar-refractivity contribution in [2.45, 2.75) is 38.9 Å². The fourth-order valence-corrected chi connectivity index (χ4v) is 4.06. The van der Waals surface area contributed by atoms with Gasteiger partial charge in [0.05, 0.1) is 5.69 Å². The molecule has 1 saturated heterocycles. The number of nitrogens with one attached hydrogen (secondary N) is 2. The van der Waals surface area contributed by atoms with Crippen molar-refractivity contribution in [2.75, 3.05) is 5.32 Å². The molecule has 1 fully saturated rings. The number of aryl methyl sites for hydroxylation is 3. The summed E-state index contributed by atoms with van der Waals surface area (Å²) in [6.45, 7) is 5.97. The molecule has 146 valence electrons. The minimum Gasteiger partial charge on any atom is -0.326 e. The Morgan fingerprint density at radius 2 is 2.04 bits per heavy atom. The molecular formula is C21H22ClN3O2S. The lowest BCUT2D eigenvalue weighted by Crippen LogP contribution is -2.28. The zero-order chi connectivity index (χ0) is 20.3. The van der Waals surface area contributed by atoms with Crippen molar-refractivity contribution in [1.82, 2.24) is 5.32 Å². The SMILES string of the molecule is CCc1cccc(C)c1N=C1NC(=O)[C@@H](CC(=O)Nc2ccc(C)c(Cl)c2)S1. The Morgan fingerprint density at radius 1 is 1.25 bits per heavy atom. The van der Waals surface area contributed by atoms with Crippen LogP contribution >= 0.6 is 23.4 Å². The Morgan fingerprint density at radius 3 is 2.75 bits per heavy atom. The molecule has 3 rings (SSSR count). The summed E-state index contributed by atoms with van der Waals surface area (Å²) in [5.41, 5.74) is 4.62. The average molecular weight is 416 g/mol. The minimum absolute atomic E-state index is 0.0649. The summed E-state index contributed by atoms with van der Waals surface area (Å²) in [4.78, 5) is 29.3. The van der Waals surface area contributed by atoms with Gasteiger partial charge < -0.3 is 10.6 Å². The number of benzene rings is 2. The lowest BCUT2D eigenvalue weighted by atomic mass is 10.1. The van der Waals surface area contributed by atoms with Crippen LogP contribution in [0.4, 0.5) is 11.4 Å². The number of nitrogens with zero attached hydrogens (tertiary/aromatic N) is 1. The quantitative estimate of drug-likeness (QED) is 0.739. The van der Waals surface area contributed by atoms with Crippen molar-refractivity contribution in [2.24, 2.45) is 4.99 Å². The summed E-state index contributed by atoms with van der Waals surface area (Å²) in [7, 11) is 0. The first kappa shape index (κ1) is 20.4. The number of thioether (sulfide) groups is 1. The molecule has 5 nitrogen and oxygen atoms in total. The molecule has 2 amide bonds. The highest BCUT2D eigenvalue weighted by Gasteiger charge is 2.32. The normalized spacial score (nSPS) is 17.6. The van der Waals surface area contributed by atoms with Crippen LogP contribution in [0.15, 0.2) is 41.4 Å². The number of para-hydroxylation sites is 1. The van der Waals surface area contributed by atoms with E-state index in [0.29, 0.717) is 15.9 Å². The lowest BCUT2D eigenvalue weighted by molar-refractivity contribution is -0.122. The number of aliphatic imine (C=N–C) groups is 1. The molecule has 2 aromatic carbocycles. The molecule has 2 aromatic rings. The summed E-state index contributed by atoms with van der Waals surface area (Å²) in [6, 6.07) is 11.4. The van der Waals surface area contributed by atoms with Gasteiger partial charge in [0, 0.05) is 17.1 Å². The molecule has 0 unspecified atom stereocenters. The molecule has 0 spiro atoms. The Kier molecular flexibility index (Phi) is 6.42. The Hall–Kier alpha value is -2.31. The molecule has 1 aliphatic rings. The van der Waals surface area contributed by atoms with Crippen molar-refractivity contribution in [3.8, 4) is 0 Å². The van der Waals surface area contributed by atoms with Crippen LogP contribution in [-0.2, 0) is 16.0 Å². The average Bonchev–Trinajstić information content (AvgIpc) is 2.99. The van der Waals surface area contributed by atoms with E-state index in [4.69, 9.17) is 11.6 Å². The molecule has 0 radical (unpaired) electrons. The third-order valence-corrected chi connectivity index (χ3v) is 6.01. The molecule has 1 atom stereocenters. The molecule has 0 aromatic heterocycles. The number of hydrogen-bond donors (Lipinski definition) is 2.